The summed E-state index contributed by atoms with van der Waals surface area (Å²) >= 11 is 0. The van der Waals surface area contributed by atoms with Crippen molar-refractivity contribution in [2.75, 3.05) is 7.05 Å². The second-order valence-electron chi connectivity index (χ2n) is 4.37. The van der Waals surface area contributed by atoms with Gasteiger partial charge in [0.25, 0.3) is 0 Å². The number of nitrogens with zero attached hydrogens (tertiary/aromatic N) is 4. The molecule has 0 atom stereocenters. The van der Waals surface area contributed by atoms with Gasteiger partial charge in [0.05, 0.1) is 4.92 Å². The molecule has 0 aliphatic carbocycles. The Kier molecular flexibility index (Phi) is 4.83. The average molecular weight is 291 g/mol. The van der Waals surface area contributed by atoms with Gasteiger partial charge in [-0.25, -0.2) is 9.67 Å². The lowest BCUT2D eigenvalue weighted by Gasteiger charge is -2.09. The Hall–Kier alpha value is -2.48. The van der Waals surface area contributed by atoms with Gasteiger partial charge in [-0.1, -0.05) is 6.07 Å². The molecule has 0 aliphatic rings. The third kappa shape index (κ3) is 3.54. The maximum absolute atomic E-state index is 11.1. The summed E-state index contributed by atoms with van der Waals surface area (Å²) in [6.45, 7) is 3.35. The highest BCUT2D eigenvalue weighted by atomic mass is 16.6. The van der Waals surface area contributed by atoms with Crippen LogP contribution in [0.5, 0.6) is 5.75 Å². The largest absolute Gasteiger partial charge is 0.479 e. The first-order valence-electron chi connectivity index (χ1n) is 6.57. The van der Waals surface area contributed by atoms with E-state index in [2.05, 4.69) is 15.4 Å². The number of aryl methyl sites for hydroxylation is 1. The third-order valence-corrected chi connectivity index (χ3v) is 2.95. The van der Waals surface area contributed by atoms with Crippen LogP contribution in [0.15, 0.2) is 24.5 Å². The smallest absolute Gasteiger partial charge is 0.310 e. The van der Waals surface area contributed by atoms with E-state index in [1.165, 1.54) is 12.4 Å². The first-order valence-corrected chi connectivity index (χ1v) is 6.57. The van der Waals surface area contributed by atoms with Crippen LogP contribution in [0, 0.1) is 10.1 Å². The first kappa shape index (κ1) is 14.9. The molecule has 8 heteroatoms. The normalized spacial score (nSPS) is 10.6. The number of rotatable bonds is 7. The molecule has 1 N–H and O–H groups in total. The lowest BCUT2D eigenvalue weighted by molar-refractivity contribution is -0.386. The fraction of sp³-hybridized carbons (Fsp3) is 0.385. The van der Waals surface area contributed by atoms with Crippen LogP contribution in [0.1, 0.15) is 18.3 Å². The standard InChI is InChI=1S/C13H17N5O3/c1-3-17-13(15-9-16-17)8-21-12-6-10(7-14-2)4-5-11(12)18(19)20/h4-6,9,14H,3,7-8H2,1-2H3. The Morgan fingerprint density at radius 2 is 2.29 bits per heavy atom. The van der Waals surface area contributed by atoms with Gasteiger partial charge in [-0.15, -0.1) is 0 Å². The molecule has 8 nitrogen and oxygen atoms in total. The van der Waals surface area contributed by atoms with Gasteiger partial charge in [0, 0.05) is 19.2 Å². The van der Waals surface area contributed by atoms with Crippen LogP contribution >= 0.6 is 0 Å². The molecule has 1 aromatic carbocycles. The molecule has 2 aromatic rings. The molecule has 0 aliphatic heterocycles. The fourth-order valence-corrected chi connectivity index (χ4v) is 1.95. The van der Waals surface area contributed by atoms with E-state index in [-0.39, 0.29) is 18.0 Å². The monoisotopic (exact) mass is 291 g/mol. The Morgan fingerprint density at radius 3 is 2.95 bits per heavy atom. The van der Waals surface area contributed by atoms with Crippen LogP contribution in [0.25, 0.3) is 0 Å². The minimum Gasteiger partial charge on any atom is -0.479 e. The second-order valence-corrected chi connectivity index (χ2v) is 4.37. The lowest BCUT2D eigenvalue weighted by atomic mass is 10.2. The average Bonchev–Trinajstić information content (AvgIpc) is 2.92. The Labute approximate surface area is 121 Å². The lowest BCUT2D eigenvalue weighted by Crippen LogP contribution is -2.09. The molecule has 1 aromatic heterocycles. The number of hydrogen-bond acceptors (Lipinski definition) is 6. The predicted octanol–water partition coefficient (Wildman–Crippen LogP) is 1.50. The summed E-state index contributed by atoms with van der Waals surface area (Å²) in [6, 6.07) is 4.82. The van der Waals surface area contributed by atoms with E-state index < -0.39 is 4.92 Å². The Bertz CT molecular complexity index is 626. The topological polar surface area (TPSA) is 95.1 Å². The predicted molar refractivity (Wildman–Crippen MR) is 75.9 cm³/mol. The van der Waals surface area contributed by atoms with Gasteiger partial charge in [-0.05, 0) is 25.6 Å². The van der Waals surface area contributed by atoms with E-state index in [0.29, 0.717) is 18.9 Å². The SMILES string of the molecule is CCn1ncnc1COc1cc(CNC)ccc1[N+](=O)[O-]. The first-order chi connectivity index (χ1) is 10.2. The van der Waals surface area contributed by atoms with Crippen molar-refractivity contribution >= 4 is 5.69 Å². The van der Waals surface area contributed by atoms with Crippen molar-refractivity contribution in [2.45, 2.75) is 26.6 Å². The molecule has 112 valence electrons. The van der Waals surface area contributed by atoms with Gasteiger partial charge >= 0.3 is 5.69 Å². The van der Waals surface area contributed by atoms with E-state index in [1.54, 1.807) is 16.8 Å². The van der Waals surface area contributed by atoms with E-state index in [1.807, 2.05) is 14.0 Å². The maximum atomic E-state index is 11.1. The van der Waals surface area contributed by atoms with Crippen LogP contribution in [-0.4, -0.2) is 26.7 Å². The number of hydrogen-bond donors (Lipinski definition) is 1. The fourth-order valence-electron chi connectivity index (χ4n) is 1.95. The molecule has 0 fully saturated rings. The zero-order valence-electron chi connectivity index (χ0n) is 11.9. The summed E-state index contributed by atoms with van der Waals surface area (Å²) in [4.78, 5) is 14.7. The molecule has 0 unspecified atom stereocenters. The molecule has 0 spiro atoms. The molecular weight excluding hydrogens is 274 g/mol. The van der Waals surface area contributed by atoms with Crippen molar-refractivity contribution in [3.63, 3.8) is 0 Å². The van der Waals surface area contributed by atoms with Crippen molar-refractivity contribution in [2.24, 2.45) is 0 Å². The second kappa shape index (κ2) is 6.80. The molecular formula is C13H17N5O3. The quantitative estimate of drug-likeness (QED) is 0.613. The van der Waals surface area contributed by atoms with E-state index in [0.717, 1.165) is 5.56 Å². The summed E-state index contributed by atoms with van der Waals surface area (Å²) in [5.74, 6) is 0.865. The van der Waals surface area contributed by atoms with Crippen molar-refractivity contribution in [1.29, 1.82) is 0 Å². The van der Waals surface area contributed by atoms with Crippen LogP contribution in [-0.2, 0) is 19.7 Å². The highest BCUT2D eigenvalue weighted by Gasteiger charge is 2.16. The number of benzene rings is 1. The minimum absolute atomic E-state index is 0.0579. The zero-order chi connectivity index (χ0) is 15.2. The van der Waals surface area contributed by atoms with Gasteiger partial charge in [0.15, 0.2) is 11.6 Å². The van der Waals surface area contributed by atoms with Gasteiger partial charge in [-0.2, -0.15) is 5.10 Å². The number of nitro benzene ring substituents is 1. The highest BCUT2D eigenvalue weighted by Crippen LogP contribution is 2.28. The molecule has 21 heavy (non-hydrogen) atoms. The maximum Gasteiger partial charge on any atom is 0.310 e. The molecule has 0 radical (unpaired) electrons. The molecule has 2 rings (SSSR count). The molecule has 0 bridgehead atoms. The number of nitrogens with one attached hydrogen (secondary N) is 1. The molecule has 0 saturated heterocycles. The molecule has 0 saturated carbocycles. The van der Waals surface area contributed by atoms with Crippen molar-refractivity contribution in [3.8, 4) is 5.75 Å². The van der Waals surface area contributed by atoms with Gasteiger partial charge in [0.1, 0.15) is 12.9 Å². The highest BCUT2D eigenvalue weighted by molar-refractivity contribution is 5.48. The number of aromatic nitrogens is 3. The molecule has 0 amide bonds. The number of ether oxygens (including phenoxy) is 1. The van der Waals surface area contributed by atoms with Crippen molar-refractivity contribution < 1.29 is 9.66 Å². The van der Waals surface area contributed by atoms with Gasteiger partial charge in [-0.3, -0.25) is 10.1 Å². The van der Waals surface area contributed by atoms with Crippen molar-refractivity contribution in [3.05, 3.63) is 46.0 Å². The van der Waals surface area contributed by atoms with E-state index >= 15 is 0 Å². The van der Waals surface area contributed by atoms with Gasteiger partial charge in [0.2, 0.25) is 0 Å². The third-order valence-electron chi connectivity index (χ3n) is 2.95. The van der Waals surface area contributed by atoms with Crippen molar-refractivity contribution in [1.82, 2.24) is 20.1 Å². The number of nitro groups is 1. The molecule has 1 heterocycles. The van der Waals surface area contributed by atoms with E-state index in [4.69, 9.17) is 4.74 Å². The summed E-state index contributed by atoms with van der Waals surface area (Å²) < 4.78 is 7.26. The Morgan fingerprint density at radius 1 is 1.48 bits per heavy atom. The van der Waals surface area contributed by atoms with Crippen LogP contribution in [0.2, 0.25) is 0 Å². The summed E-state index contributed by atoms with van der Waals surface area (Å²) in [5.41, 5.74) is 0.854. The summed E-state index contributed by atoms with van der Waals surface area (Å²) in [7, 11) is 1.81. The summed E-state index contributed by atoms with van der Waals surface area (Å²) in [5, 5.41) is 18.1. The van der Waals surface area contributed by atoms with E-state index in [9.17, 15) is 10.1 Å². The van der Waals surface area contributed by atoms with Gasteiger partial charge < -0.3 is 10.1 Å². The zero-order valence-corrected chi connectivity index (χ0v) is 11.9. The summed E-state index contributed by atoms with van der Waals surface area (Å²) in [6.07, 6.45) is 1.44. The van der Waals surface area contributed by atoms with Crippen LogP contribution < -0.4 is 10.1 Å². The van der Waals surface area contributed by atoms with Crippen LogP contribution in [0.3, 0.4) is 0 Å². The Balaban J connectivity index is 2.20. The van der Waals surface area contributed by atoms with Crippen LogP contribution in [0.4, 0.5) is 5.69 Å². The minimum atomic E-state index is -0.455.